The van der Waals surface area contributed by atoms with Gasteiger partial charge in [0.2, 0.25) is 15.9 Å². The largest absolute Gasteiger partial charge is 0.373 e. The van der Waals surface area contributed by atoms with E-state index in [2.05, 4.69) is 9.62 Å². The van der Waals surface area contributed by atoms with Crippen molar-refractivity contribution in [2.45, 2.75) is 62.8 Å². The van der Waals surface area contributed by atoms with Gasteiger partial charge in [-0.3, -0.25) is 9.69 Å². The molecule has 1 aromatic carbocycles. The second kappa shape index (κ2) is 9.07. The number of rotatable bonds is 6. The number of nitrogens with zero attached hydrogens (tertiary/aromatic N) is 2. The van der Waals surface area contributed by atoms with Crippen LogP contribution in [0.3, 0.4) is 0 Å². The monoisotopic (exact) mass is 427 g/mol. The van der Waals surface area contributed by atoms with Gasteiger partial charge in [-0.2, -0.15) is 4.72 Å². The number of nitrogens with one attached hydrogen (secondary N) is 1. The Morgan fingerprint density at radius 1 is 1.28 bits per heavy atom. The van der Waals surface area contributed by atoms with E-state index in [1.165, 1.54) is 25.1 Å². The van der Waals surface area contributed by atoms with E-state index in [9.17, 15) is 17.6 Å². The highest BCUT2D eigenvalue weighted by Crippen LogP contribution is 2.22. The van der Waals surface area contributed by atoms with Gasteiger partial charge in [0, 0.05) is 32.2 Å². The molecule has 2 fully saturated rings. The number of hydrogen-bond donors (Lipinski definition) is 1. The molecule has 2 aliphatic rings. The van der Waals surface area contributed by atoms with E-state index in [1.54, 1.807) is 4.90 Å². The van der Waals surface area contributed by atoms with Crippen LogP contribution in [0.15, 0.2) is 29.2 Å². The van der Waals surface area contributed by atoms with Gasteiger partial charge in [0.15, 0.2) is 0 Å². The molecule has 3 rings (SSSR count). The van der Waals surface area contributed by atoms with Crippen LogP contribution in [-0.4, -0.2) is 74.6 Å². The average molecular weight is 428 g/mol. The van der Waals surface area contributed by atoms with Crippen molar-refractivity contribution in [3.05, 3.63) is 30.1 Å². The number of carbonyl (C=O) groups is 1. The summed E-state index contributed by atoms with van der Waals surface area (Å²) >= 11 is 0. The third kappa shape index (κ3) is 5.33. The zero-order valence-corrected chi connectivity index (χ0v) is 18.0. The standard InChI is InChI=1S/C20H30FN3O4S/c1-14-11-23(12-15(2)28-14)13-17-7-6-10-24(17)20(25)16(3)22-29(26,27)19-9-5-4-8-18(19)21/h4-5,8-9,14-17,22H,6-7,10-13H2,1-3H3/t14?,15?,16-,17?/m0/s1. The van der Waals surface area contributed by atoms with Crippen LogP contribution in [0.5, 0.6) is 0 Å². The normalized spacial score (nSPS) is 27.2. The van der Waals surface area contributed by atoms with Gasteiger partial charge in [-0.05, 0) is 45.7 Å². The van der Waals surface area contributed by atoms with Crippen LogP contribution in [0.1, 0.15) is 33.6 Å². The summed E-state index contributed by atoms with van der Waals surface area (Å²) in [6, 6.07) is 4.22. The number of hydrogen-bond acceptors (Lipinski definition) is 5. The number of likely N-dealkylation sites (tertiary alicyclic amines) is 1. The summed E-state index contributed by atoms with van der Waals surface area (Å²) in [4.78, 5) is 16.6. The Labute approximate surface area is 172 Å². The molecule has 2 aliphatic heterocycles. The first-order valence-electron chi connectivity index (χ1n) is 10.1. The molecule has 4 atom stereocenters. The second-order valence-corrected chi connectivity index (χ2v) is 9.76. The molecule has 2 heterocycles. The zero-order chi connectivity index (χ0) is 21.2. The Morgan fingerprint density at radius 2 is 1.93 bits per heavy atom. The first-order chi connectivity index (χ1) is 13.7. The fourth-order valence-corrected chi connectivity index (χ4v) is 5.58. The highest BCUT2D eigenvalue weighted by Gasteiger charge is 2.35. The average Bonchev–Trinajstić information content (AvgIpc) is 3.08. The molecule has 3 unspecified atom stereocenters. The highest BCUT2D eigenvalue weighted by atomic mass is 32.2. The van der Waals surface area contributed by atoms with Gasteiger partial charge >= 0.3 is 0 Å². The molecule has 0 bridgehead atoms. The molecule has 1 amide bonds. The summed E-state index contributed by atoms with van der Waals surface area (Å²) in [5.41, 5.74) is 0. The van der Waals surface area contributed by atoms with Gasteiger partial charge in [0.05, 0.1) is 18.2 Å². The number of benzene rings is 1. The van der Waals surface area contributed by atoms with Gasteiger partial charge in [-0.15, -0.1) is 0 Å². The zero-order valence-electron chi connectivity index (χ0n) is 17.2. The lowest BCUT2D eigenvalue weighted by molar-refractivity contribution is -0.134. The lowest BCUT2D eigenvalue weighted by Crippen LogP contribution is -2.53. The maximum atomic E-state index is 13.9. The molecule has 0 aromatic heterocycles. The fraction of sp³-hybridized carbons (Fsp3) is 0.650. The Bertz CT molecular complexity index is 825. The number of ether oxygens (including phenoxy) is 1. The molecule has 0 saturated carbocycles. The minimum atomic E-state index is -4.12. The van der Waals surface area contributed by atoms with Crippen molar-refractivity contribution in [3.8, 4) is 0 Å². The number of amides is 1. The van der Waals surface area contributed by atoms with Crippen molar-refractivity contribution in [1.29, 1.82) is 0 Å². The molecule has 9 heteroatoms. The third-order valence-electron chi connectivity index (χ3n) is 5.45. The summed E-state index contributed by atoms with van der Waals surface area (Å²) in [6.45, 7) is 8.58. The van der Waals surface area contributed by atoms with Crippen LogP contribution < -0.4 is 4.72 Å². The highest BCUT2D eigenvalue weighted by molar-refractivity contribution is 7.89. The van der Waals surface area contributed by atoms with E-state index < -0.39 is 26.8 Å². The van der Waals surface area contributed by atoms with Crippen LogP contribution in [0, 0.1) is 5.82 Å². The van der Waals surface area contributed by atoms with Crippen LogP contribution in [0.25, 0.3) is 0 Å². The predicted octanol–water partition coefficient (Wildman–Crippen LogP) is 1.59. The molecular weight excluding hydrogens is 397 g/mol. The van der Waals surface area contributed by atoms with E-state index in [4.69, 9.17) is 4.74 Å². The van der Waals surface area contributed by atoms with Gasteiger partial charge in [-0.25, -0.2) is 12.8 Å². The van der Waals surface area contributed by atoms with Crippen LogP contribution in [0.4, 0.5) is 4.39 Å². The first kappa shape index (κ1) is 22.1. The van der Waals surface area contributed by atoms with Crippen LogP contribution in [0.2, 0.25) is 0 Å². The Hall–Kier alpha value is -1.55. The van der Waals surface area contributed by atoms with E-state index in [0.717, 1.165) is 38.5 Å². The number of carbonyl (C=O) groups excluding carboxylic acids is 1. The summed E-state index contributed by atoms with van der Waals surface area (Å²) in [7, 11) is -4.12. The predicted molar refractivity (Wildman–Crippen MR) is 107 cm³/mol. The lowest BCUT2D eigenvalue weighted by Gasteiger charge is -2.38. The Kier molecular flexibility index (Phi) is 6.93. The van der Waals surface area contributed by atoms with E-state index in [1.807, 2.05) is 13.8 Å². The molecule has 2 saturated heterocycles. The van der Waals surface area contributed by atoms with E-state index in [-0.39, 0.29) is 24.2 Å². The summed E-state index contributed by atoms with van der Waals surface area (Å²) in [5.74, 6) is -1.11. The maximum Gasteiger partial charge on any atom is 0.244 e. The molecule has 0 spiro atoms. The van der Waals surface area contributed by atoms with Gasteiger partial charge in [0.25, 0.3) is 0 Å². The number of halogens is 1. The summed E-state index contributed by atoms with van der Waals surface area (Å²) < 4.78 is 47.0. The fourth-order valence-electron chi connectivity index (χ4n) is 4.31. The molecule has 0 aliphatic carbocycles. The Balaban J connectivity index is 1.64. The smallest absolute Gasteiger partial charge is 0.244 e. The van der Waals surface area contributed by atoms with Crippen molar-refractivity contribution in [1.82, 2.24) is 14.5 Å². The lowest BCUT2D eigenvalue weighted by atomic mass is 10.1. The third-order valence-corrected chi connectivity index (χ3v) is 7.03. The van der Waals surface area contributed by atoms with Crippen LogP contribution >= 0.6 is 0 Å². The quantitative estimate of drug-likeness (QED) is 0.746. The summed E-state index contributed by atoms with van der Waals surface area (Å²) in [6.07, 6.45) is 2.07. The minimum Gasteiger partial charge on any atom is -0.373 e. The molecule has 1 aromatic rings. The minimum absolute atomic E-state index is 0.0421. The van der Waals surface area contributed by atoms with Crippen LogP contribution in [-0.2, 0) is 19.6 Å². The number of sulfonamides is 1. The van der Waals surface area contributed by atoms with Crippen molar-refractivity contribution in [2.75, 3.05) is 26.2 Å². The van der Waals surface area contributed by atoms with Crippen molar-refractivity contribution >= 4 is 15.9 Å². The van der Waals surface area contributed by atoms with Crippen molar-refractivity contribution in [2.24, 2.45) is 0 Å². The molecule has 7 nitrogen and oxygen atoms in total. The van der Waals surface area contributed by atoms with Gasteiger partial charge in [-0.1, -0.05) is 12.1 Å². The van der Waals surface area contributed by atoms with Gasteiger partial charge in [0.1, 0.15) is 10.7 Å². The molecular formula is C20H30FN3O4S. The van der Waals surface area contributed by atoms with Crippen molar-refractivity contribution < 1.29 is 22.3 Å². The number of morpholine rings is 1. The topological polar surface area (TPSA) is 79.0 Å². The SMILES string of the molecule is CC1CN(CC2CCCN2C(=O)[C@H](C)NS(=O)(=O)c2ccccc2F)CC(C)O1. The van der Waals surface area contributed by atoms with E-state index >= 15 is 0 Å². The first-order valence-corrected chi connectivity index (χ1v) is 11.6. The van der Waals surface area contributed by atoms with Gasteiger partial charge < -0.3 is 9.64 Å². The molecule has 29 heavy (non-hydrogen) atoms. The molecule has 0 radical (unpaired) electrons. The van der Waals surface area contributed by atoms with Crippen molar-refractivity contribution in [3.63, 3.8) is 0 Å². The maximum absolute atomic E-state index is 13.9. The van der Waals surface area contributed by atoms with E-state index in [0.29, 0.717) is 6.54 Å². The molecule has 1 N–H and O–H groups in total. The second-order valence-electron chi connectivity index (χ2n) is 8.08. The Morgan fingerprint density at radius 3 is 2.59 bits per heavy atom. The summed E-state index contributed by atoms with van der Waals surface area (Å²) in [5, 5.41) is 0. The molecule has 162 valence electrons.